The minimum atomic E-state index is -4.03. The zero-order valence-electron chi connectivity index (χ0n) is 29.9. The number of nitrogens with one attached hydrogen (secondary N) is 3. The maximum Gasteiger partial charge on any atom is 0.410 e. The fourth-order valence-electron chi connectivity index (χ4n) is 7.46. The summed E-state index contributed by atoms with van der Waals surface area (Å²) in [5, 5.41) is 4.38. The molecule has 2 saturated carbocycles. The molecule has 0 aromatic heterocycles. The lowest BCUT2D eigenvalue weighted by Gasteiger charge is -2.30. The highest BCUT2D eigenvalue weighted by Gasteiger charge is 2.62. The third-order valence-electron chi connectivity index (χ3n) is 10.5. The summed E-state index contributed by atoms with van der Waals surface area (Å²) in [5.41, 5.74) is -1.76. The van der Waals surface area contributed by atoms with Crippen molar-refractivity contribution < 1.29 is 55.0 Å². The Balaban J connectivity index is 1.27. The van der Waals surface area contributed by atoms with Crippen LogP contribution in [-0.2, 0) is 47.0 Å². The Kier molecular flexibility index (Phi) is 10.4. The molecule has 0 unspecified atom stereocenters. The summed E-state index contributed by atoms with van der Waals surface area (Å²) >= 11 is 0. The second kappa shape index (κ2) is 14.3. The molecule has 5 amide bonds. The van der Waals surface area contributed by atoms with Gasteiger partial charge in [-0.3, -0.25) is 24.0 Å². The van der Waals surface area contributed by atoms with E-state index in [1.165, 1.54) is 17.0 Å². The van der Waals surface area contributed by atoms with Crippen LogP contribution in [0, 0.1) is 11.7 Å². The van der Waals surface area contributed by atoms with Gasteiger partial charge in [-0.2, -0.15) is 0 Å². The number of rotatable bonds is 5. The average molecular weight is 770 g/mol. The van der Waals surface area contributed by atoms with Gasteiger partial charge in [0.25, 0.3) is 5.91 Å². The summed E-state index contributed by atoms with van der Waals surface area (Å²) in [6, 6.07) is 1.70. The van der Waals surface area contributed by atoms with Crippen LogP contribution in [0.2, 0.25) is 0 Å². The standard InChI is InChI=1S/C35H46F3N5O9S/c1-33(2,3)52-31(47)39-26-10-6-14-34(37,38)13-5-8-21-16-35(21,30(46)41-53(49,50)23-11-12-23)40-28(44)27-15-22(18-43(27)29(26)45)51-32(48)42-17-20-7-4-9-25(36)24(20)19-42/h4,7,9,21-23,26-27H,5-6,8,10-19H2,1-3H3,(H,39,47)(H,40,44)(H,41,46)/t21-,22+,26-,27-,35+/m0/s1. The number of hydrogen-bond donors (Lipinski definition) is 3. The van der Waals surface area contributed by atoms with Crippen molar-refractivity contribution in [3.8, 4) is 0 Å². The molecule has 1 aromatic carbocycles. The van der Waals surface area contributed by atoms with E-state index in [1.807, 2.05) is 0 Å². The van der Waals surface area contributed by atoms with Gasteiger partial charge in [-0.1, -0.05) is 12.1 Å². The third kappa shape index (κ3) is 8.83. The lowest BCUT2D eigenvalue weighted by atomic mass is 10.00. The van der Waals surface area contributed by atoms with Crippen LogP contribution in [0.1, 0.15) is 96.1 Å². The zero-order valence-corrected chi connectivity index (χ0v) is 30.7. The summed E-state index contributed by atoms with van der Waals surface area (Å²) in [4.78, 5) is 70.5. The maximum atomic E-state index is 15.1. The number of alkyl halides is 2. The van der Waals surface area contributed by atoms with E-state index in [2.05, 4.69) is 15.4 Å². The van der Waals surface area contributed by atoms with Gasteiger partial charge in [-0.05, 0) is 83.3 Å². The molecular formula is C35H46F3N5O9S. The molecule has 3 heterocycles. The predicted molar refractivity (Wildman–Crippen MR) is 181 cm³/mol. The van der Waals surface area contributed by atoms with E-state index >= 15 is 8.78 Å². The second-order valence-corrected chi connectivity index (χ2v) is 17.8. The van der Waals surface area contributed by atoms with E-state index in [9.17, 15) is 36.8 Å². The number of ether oxygens (including phenoxy) is 2. The zero-order chi connectivity index (χ0) is 38.5. The molecule has 4 fully saturated rings. The van der Waals surface area contributed by atoms with Gasteiger partial charge >= 0.3 is 12.2 Å². The van der Waals surface area contributed by atoms with Gasteiger partial charge in [0.15, 0.2) is 0 Å². The Labute approximate surface area is 305 Å². The quantitative estimate of drug-likeness (QED) is 0.403. The van der Waals surface area contributed by atoms with Gasteiger partial charge in [0, 0.05) is 31.4 Å². The van der Waals surface area contributed by atoms with Crippen molar-refractivity contribution in [2.75, 3.05) is 6.54 Å². The number of sulfonamides is 1. The first-order valence-corrected chi connectivity index (χ1v) is 19.6. The first-order chi connectivity index (χ1) is 24.8. The first kappa shape index (κ1) is 38.6. The minimum absolute atomic E-state index is 0.00961. The SMILES string of the molecule is CC(C)(C)OC(=O)N[C@H]1CCCC(F)(F)CCC[C@H]2C[C@@]2(C(=O)NS(=O)(=O)C2CC2)NC(=O)[C@@H]2C[C@@H](OC(=O)N3Cc4cccc(F)c4C3)CN2C1=O. The summed E-state index contributed by atoms with van der Waals surface area (Å²) in [7, 11) is -4.03. The fraction of sp³-hybridized carbons (Fsp3) is 0.686. The van der Waals surface area contributed by atoms with Crippen LogP contribution in [0.3, 0.4) is 0 Å². The van der Waals surface area contributed by atoms with E-state index in [-0.39, 0.29) is 58.2 Å². The molecule has 2 saturated heterocycles. The van der Waals surface area contributed by atoms with E-state index in [1.54, 1.807) is 26.8 Å². The molecule has 5 aliphatic rings. The number of carbonyl (C=O) groups is 5. The van der Waals surface area contributed by atoms with Crippen molar-refractivity contribution in [3.63, 3.8) is 0 Å². The number of carbonyl (C=O) groups excluding carboxylic acids is 5. The Bertz CT molecular complexity index is 1770. The first-order valence-electron chi connectivity index (χ1n) is 18.0. The average Bonchev–Trinajstić information content (AvgIpc) is 3.93. The summed E-state index contributed by atoms with van der Waals surface area (Å²) in [6.07, 6.45) is -3.86. The van der Waals surface area contributed by atoms with Crippen LogP contribution in [0.15, 0.2) is 18.2 Å². The van der Waals surface area contributed by atoms with Crippen molar-refractivity contribution >= 4 is 39.9 Å². The van der Waals surface area contributed by atoms with Crippen LogP contribution in [0.5, 0.6) is 0 Å². The van der Waals surface area contributed by atoms with Crippen LogP contribution in [-0.4, -0.2) is 95.2 Å². The Hall–Kier alpha value is -4.09. The highest BCUT2D eigenvalue weighted by atomic mass is 32.2. The van der Waals surface area contributed by atoms with Gasteiger partial charge in [-0.25, -0.2) is 31.2 Å². The summed E-state index contributed by atoms with van der Waals surface area (Å²) in [6.45, 7) is 4.48. The number of hydrogen-bond acceptors (Lipinski definition) is 9. The number of benzene rings is 1. The lowest BCUT2D eigenvalue weighted by molar-refractivity contribution is -0.141. The third-order valence-corrected chi connectivity index (χ3v) is 12.3. The molecule has 292 valence electrons. The number of alkyl carbamates (subject to hydrolysis) is 1. The predicted octanol–water partition coefficient (Wildman–Crippen LogP) is 3.61. The molecule has 1 aromatic rings. The highest BCUT2D eigenvalue weighted by Crippen LogP contribution is 2.48. The molecule has 14 nitrogen and oxygen atoms in total. The van der Waals surface area contributed by atoms with Crippen LogP contribution in [0.4, 0.5) is 22.8 Å². The van der Waals surface area contributed by atoms with E-state index in [0.29, 0.717) is 24.0 Å². The lowest BCUT2D eigenvalue weighted by Crippen LogP contribution is -2.58. The smallest absolute Gasteiger partial charge is 0.410 e. The molecule has 53 heavy (non-hydrogen) atoms. The Morgan fingerprint density at radius 2 is 1.72 bits per heavy atom. The molecule has 18 heteroatoms. The largest absolute Gasteiger partial charge is 0.444 e. The van der Waals surface area contributed by atoms with Gasteiger partial charge in [0.1, 0.15) is 35.1 Å². The van der Waals surface area contributed by atoms with E-state index < -0.39 is 105 Å². The van der Waals surface area contributed by atoms with Crippen LogP contribution < -0.4 is 15.4 Å². The van der Waals surface area contributed by atoms with E-state index in [0.717, 1.165) is 4.90 Å². The molecule has 0 radical (unpaired) electrons. The molecule has 3 aliphatic heterocycles. The monoisotopic (exact) mass is 769 g/mol. The van der Waals surface area contributed by atoms with Gasteiger partial charge in [-0.15, -0.1) is 0 Å². The highest BCUT2D eigenvalue weighted by molar-refractivity contribution is 7.91. The number of amides is 5. The van der Waals surface area contributed by atoms with Gasteiger partial charge in [0.2, 0.25) is 27.8 Å². The Morgan fingerprint density at radius 3 is 2.38 bits per heavy atom. The van der Waals surface area contributed by atoms with Crippen molar-refractivity contribution in [2.45, 2.75) is 139 Å². The van der Waals surface area contributed by atoms with Crippen LogP contribution >= 0.6 is 0 Å². The molecule has 5 atom stereocenters. The number of nitrogens with zero attached hydrogens (tertiary/aromatic N) is 2. The maximum absolute atomic E-state index is 15.1. The van der Waals surface area contributed by atoms with Crippen molar-refractivity contribution in [1.82, 2.24) is 25.2 Å². The normalized spacial score (nSPS) is 29.0. The molecule has 3 N–H and O–H groups in total. The van der Waals surface area contributed by atoms with Crippen LogP contribution in [0.25, 0.3) is 0 Å². The molecule has 6 rings (SSSR count). The van der Waals surface area contributed by atoms with E-state index in [4.69, 9.17) is 9.47 Å². The van der Waals surface area contributed by atoms with Crippen molar-refractivity contribution in [3.05, 3.63) is 35.1 Å². The van der Waals surface area contributed by atoms with Crippen molar-refractivity contribution in [1.29, 1.82) is 0 Å². The second-order valence-electron chi connectivity index (χ2n) is 15.9. The minimum Gasteiger partial charge on any atom is -0.444 e. The molecule has 0 bridgehead atoms. The number of halogens is 3. The summed E-state index contributed by atoms with van der Waals surface area (Å²) in [5.74, 6) is -6.93. The van der Waals surface area contributed by atoms with Crippen molar-refractivity contribution in [2.24, 2.45) is 5.92 Å². The Morgan fingerprint density at radius 1 is 1.02 bits per heavy atom. The topological polar surface area (TPSA) is 181 Å². The van der Waals surface area contributed by atoms with Gasteiger partial charge in [0.05, 0.1) is 18.3 Å². The summed E-state index contributed by atoms with van der Waals surface area (Å²) < 4.78 is 83.1. The fourth-order valence-corrected chi connectivity index (χ4v) is 8.82. The molecular weight excluding hydrogens is 723 g/mol. The molecule has 0 spiro atoms. The van der Waals surface area contributed by atoms with Gasteiger partial charge < -0.3 is 25.0 Å². The number of fused-ring (bicyclic) bond motifs is 3. The molecule has 2 aliphatic carbocycles.